The quantitative estimate of drug-likeness (QED) is 0.0778. The van der Waals surface area contributed by atoms with E-state index in [0.717, 1.165) is 24.8 Å². The van der Waals surface area contributed by atoms with Crippen LogP contribution >= 0.6 is 11.6 Å². The zero-order chi connectivity index (χ0) is 31.1. The Labute approximate surface area is 235 Å². The lowest BCUT2D eigenvalue weighted by Gasteiger charge is -2.07. The van der Waals surface area contributed by atoms with E-state index in [1.165, 1.54) is 0 Å². The molecular weight excluding hydrogens is 596 g/mol. The van der Waals surface area contributed by atoms with E-state index in [1.807, 2.05) is 12.1 Å². The summed E-state index contributed by atoms with van der Waals surface area (Å²) in [4.78, 5) is 34.5. The van der Waals surface area contributed by atoms with Crippen LogP contribution < -0.4 is 33.0 Å². The summed E-state index contributed by atoms with van der Waals surface area (Å²) in [7, 11) is -7.33. The highest BCUT2D eigenvalue weighted by Gasteiger charge is 2.16. The van der Waals surface area contributed by atoms with Crippen LogP contribution in [0.3, 0.4) is 0 Å². The van der Waals surface area contributed by atoms with E-state index in [9.17, 15) is 26.4 Å². The van der Waals surface area contributed by atoms with E-state index in [1.54, 1.807) is 12.1 Å². The Morgan fingerprint density at radius 1 is 0.975 bits per heavy atom. The van der Waals surface area contributed by atoms with Crippen LogP contribution in [-0.4, -0.2) is 79.3 Å². The molecule has 224 valence electrons. The number of unbranched alkanes of at least 4 members (excludes halogenated alkanes) is 1. The van der Waals surface area contributed by atoms with Crippen molar-refractivity contribution < 1.29 is 40.3 Å². The third kappa shape index (κ3) is 20.2. The second-order valence-electron chi connectivity index (χ2n) is 7.68. The number of aliphatic imine (C=N–C) groups is 1. The van der Waals surface area contributed by atoms with Crippen LogP contribution in [0.4, 0.5) is 11.6 Å². The zero-order valence-electron chi connectivity index (χ0n) is 21.4. The maximum Gasteiger partial charge on any atom is 0.280 e. The predicted octanol–water partition coefficient (Wildman–Crippen LogP) is -0.766. The lowest BCUT2D eigenvalue weighted by Crippen LogP contribution is -2.38. The van der Waals surface area contributed by atoms with Crippen molar-refractivity contribution >= 4 is 61.2 Å². The minimum absolute atomic E-state index is 0.0647. The summed E-state index contributed by atoms with van der Waals surface area (Å²) in [5, 5.41) is 2.25. The van der Waals surface area contributed by atoms with Gasteiger partial charge in [-0.3, -0.25) is 29.0 Å². The number of nitrogen functional groups attached to an aromatic ring is 2. The normalized spacial score (nSPS) is 11.3. The Hall–Kier alpha value is -3.78. The second kappa shape index (κ2) is 17.0. The summed E-state index contributed by atoms with van der Waals surface area (Å²) < 4.78 is 56.9. The highest BCUT2D eigenvalue weighted by molar-refractivity contribution is 7.85. The lowest BCUT2D eigenvalue weighted by molar-refractivity contribution is -0.119. The Morgan fingerprint density at radius 3 is 2.00 bits per heavy atom. The molecule has 1 aromatic heterocycles. The number of nitrogens with two attached hydrogens (primary N) is 4. The van der Waals surface area contributed by atoms with Gasteiger partial charge < -0.3 is 27.7 Å². The monoisotopic (exact) mass is 626 g/mol. The molecule has 2 rings (SSSR count). The number of nitrogens with zero attached hydrogens (tertiary/aromatic N) is 3. The maximum atomic E-state index is 12.1. The maximum absolute atomic E-state index is 12.1. The van der Waals surface area contributed by atoms with Gasteiger partial charge in [-0.15, -0.1) is 0 Å². The number of rotatable bonds is 9. The summed E-state index contributed by atoms with van der Waals surface area (Å²) in [5.41, 5.74) is 22.8. The molecule has 0 fully saturated rings. The molecule has 2 aromatic rings. The molecule has 11 N–H and O–H groups in total. The van der Waals surface area contributed by atoms with Crippen molar-refractivity contribution in [3.8, 4) is 5.75 Å². The van der Waals surface area contributed by atoms with Crippen molar-refractivity contribution in [2.75, 3.05) is 37.1 Å². The smallest absolute Gasteiger partial charge is 0.280 e. The van der Waals surface area contributed by atoms with Crippen LogP contribution in [-0.2, 0) is 31.5 Å². The predicted molar refractivity (Wildman–Crippen MR) is 149 cm³/mol. The van der Waals surface area contributed by atoms with Crippen molar-refractivity contribution in [1.82, 2.24) is 15.3 Å². The number of hydrogen-bond donors (Lipinski definition) is 7. The molecule has 0 atom stereocenters. The molecule has 2 amide bonds. The molecule has 0 aliphatic rings. The van der Waals surface area contributed by atoms with E-state index in [-0.39, 0.29) is 35.0 Å². The fourth-order valence-corrected chi connectivity index (χ4v) is 2.50. The van der Waals surface area contributed by atoms with Crippen LogP contribution in [0.25, 0.3) is 0 Å². The summed E-state index contributed by atoms with van der Waals surface area (Å²) in [6, 6.07) is 7.39. The van der Waals surface area contributed by atoms with Gasteiger partial charge in [0.2, 0.25) is 0 Å². The van der Waals surface area contributed by atoms with E-state index in [2.05, 4.69) is 20.3 Å². The number of hydrogen-bond acceptors (Lipinski definition) is 12. The molecule has 0 aliphatic heterocycles. The molecule has 20 heteroatoms. The third-order valence-corrected chi connectivity index (χ3v) is 4.10. The van der Waals surface area contributed by atoms with Gasteiger partial charge in [0, 0.05) is 6.54 Å². The average Bonchev–Trinajstić information content (AvgIpc) is 2.78. The van der Waals surface area contributed by atoms with Crippen molar-refractivity contribution in [3.63, 3.8) is 0 Å². The Kier molecular flexibility index (Phi) is 15.4. The Bertz CT molecular complexity index is 1340. The van der Waals surface area contributed by atoms with Gasteiger partial charge in [-0.1, -0.05) is 23.7 Å². The third-order valence-electron chi connectivity index (χ3n) is 3.82. The molecule has 1 aromatic carbocycles. The fraction of sp³-hybridized carbons (Fsp3) is 0.350. The first-order chi connectivity index (χ1) is 18.3. The first kappa shape index (κ1) is 36.2. The van der Waals surface area contributed by atoms with E-state index < -0.39 is 32.1 Å². The van der Waals surface area contributed by atoms with Gasteiger partial charge in [-0.2, -0.15) is 16.8 Å². The molecule has 0 radical (unpaired) electrons. The second-order valence-corrected chi connectivity index (χ2v) is 11.0. The van der Waals surface area contributed by atoms with Crippen LogP contribution in [0, 0.1) is 0 Å². The number of amides is 2. The van der Waals surface area contributed by atoms with Crippen molar-refractivity contribution in [1.29, 1.82) is 0 Å². The molecule has 0 saturated carbocycles. The number of aromatic nitrogens is 2. The summed E-state index contributed by atoms with van der Waals surface area (Å²) in [5.74, 6) is -0.914. The highest BCUT2D eigenvalue weighted by atomic mass is 35.5. The Morgan fingerprint density at radius 2 is 1.50 bits per heavy atom. The van der Waals surface area contributed by atoms with Crippen LogP contribution in [0.2, 0.25) is 5.15 Å². The van der Waals surface area contributed by atoms with E-state index in [4.69, 9.17) is 48.4 Å². The van der Waals surface area contributed by atoms with Gasteiger partial charge >= 0.3 is 0 Å². The average molecular weight is 627 g/mol. The molecule has 0 spiro atoms. The van der Waals surface area contributed by atoms with Crippen LogP contribution in [0.5, 0.6) is 5.75 Å². The van der Waals surface area contributed by atoms with Gasteiger partial charge in [-0.25, -0.2) is 9.97 Å². The van der Waals surface area contributed by atoms with Crippen LogP contribution in [0.15, 0.2) is 29.3 Å². The SMILES string of the molecule is CS(=O)(=O)O.CS(=O)(=O)O.NC(=O)COc1ccc(CCCCN=C(N)NC(=O)c2nc(Cl)c(N)nc2N)cc1. The van der Waals surface area contributed by atoms with Crippen LogP contribution in [0.1, 0.15) is 28.9 Å². The number of guanidine groups is 1. The minimum atomic E-state index is -3.67. The van der Waals surface area contributed by atoms with Gasteiger partial charge in [0.05, 0.1) is 12.5 Å². The summed E-state index contributed by atoms with van der Waals surface area (Å²) in [6.45, 7) is 0.273. The largest absolute Gasteiger partial charge is 0.484 e. The number of primary amides is 1. The number of anilines is 2. The molecule has 40 heavy (non-hydrogen) atoms. The number of carbonyl (C=O) groups excluding carboxylic acids is 2. The molecular formula is C20H31ClN8O9S2. The van der Waals surface area contributed by atoms with E-state index in [0.29, 0.717) is 24.8 Å². The van der Waals surface area contributed by atoms with Gasteiger partial charge in [-0.05, 0) is 37.0 Å². The number of ether oxygens (including phenoxy) is 1. The topological polar surface area (TPSA) is 306 Å². The Balaban J connectivity index is 0.00000130. The molecule has 17 nitrogen and oxygen atoms in total. The summed E-state index contributed by atoms with van der Waals surface area (Å²) >= 11 is 5.75. The number of nitrogens with one attached hydrogen (secondary N) is 1. The summed E-state index contributed by atoms with van der Waals surface area (Å²) in [6.07, 6.45) is 3.87. The van der Waals surface area contributed by atoms with E-state index >= 15 is 0 Å². The molecule has 0 unspecified atom stereocenters. The first-order valence-electron chi connectivity index (χ1n) is 10.8. The fourth-order valence-electron chi connectivity index (χ4n) is 2.37. The number of carbonyl (C=O) groups is 2. The van der Waals surface area contributed by atoms with Crippen molar-refractivity contribution in [2.45, 2.75) is 19.3 Å². The van der Waals surface area contributed by atoms with Crippen molar-refractivity contribution in [2.24, 2.45) is 16.5 Å². The molecule has 0 bridgehead atoms. The molecule has 1 heterocycles. The zero-order valence-corrected chi connectivity index (χ0v) is 23.8. The number of aryl methyl sites for hydroxylation is 1. The van der Waals surface area contributed by atoms with Gasteiger partial charge in [0.15, 0.2) is 35.0 Å². The molecule has 0 saturated heterocycles. The standard InChI is InChI=1S/C18H23ClN8O3.2CH4O3S/c19-14-16(22)26-15(21)13(25-14)17(29)27-18(23)24-8-2-1-3-10-4-6-11(7-5-10)30-9-12(20)28;2*1-5(2,3)4/h4-7H,1-3,8-9H2,(H2,20,28)(H4,21,22,26)(H3,23,24,27,29);2*1H3,(H,2,3,4). The van der Waals surface area contributed by atoms with Gasteiger partial charge in [0.25, 0.3) is 32.1 Å². The number of halogens is 1. The molecule has 0 aliphatic carbocycles. The number of benzene rings is 1. The van der Waals surface area contributed by atoms with Gasteiger partial charge in [0.1, 0.15) is 5.75 Å². The minimum Gasteiger partial charge on any atom is -0.484 e. The van der Waals surface area contributed by atoms with Crippen molar-refractivity contribution in [3.05, 3.63) is 40.7 Å². The highest BCUT2D eigenvalue weighted by Crippen LogP contribution is 2.17. The first-order valence-corrected chi connectivity index (χ1v) is 14.9. The lowest BCUT2D eigenvalue weighted by atomic mass is 10.1.